The van der Waals surface area contributed by atoms with Gasteiger partial charge < -0.3 is 5.32 Å². The van der Waals surface area contributed by atoms with E-state index in [9.17, 15) is 0 Å². The van der Waals surface area contributed by atoms with E-state index in [4.69, 9.17) is 0 Å². The van der Waals surface area contributed by atoms with Gasteiger partial charge in [-0.25, -0.2) is 0 Å². The lowest BCUT2D eigenvalue weighted by molar-refractivity contribution is 0.454. The van der Waals surface area contributed by atoms with E-state index in [2.05, 4.69) is 44.3 Å². The molecule has 0 aliphatic carbocycles. The first-order valence-corrected chi connectivity index (χ1v) is 6.38. The van der Waals surface area contributed by atoms with Crippen LogP contribution in [-0.2, 0) is 6.42 Å². The summed E-state index contributed by atoms with van der Waals surface area (Å²) in [6.07, 6.45) is 3.80. The molecule has 1 rings (SSSR count). The summed E-state index contributed by atoms with van der Waals surface area (Å²) in [6.45, 7) is 7.85. The number of aryl methyl sites for hydroxylation is 2. The van der Waals surface area contributed by atoms with Gasteiger partial charge in [0.1, 0.15) is 0 Å². The van der Waals surface area contributed by atoms with Gasteiger partial charge in [0.15, 0.2) is 0 Å². The van der Waals surface area contributed by atoms with E-state index in [0.717, 1.165) is 12.5 Å². The standard InChI is InChI=1S/C15H25N/c1-5-7-14(11-16-4)10-15-12(2)8-6-9-13(15)3/h6,8-9,14,16H,5,7,10-11H2,1-4H3. The molecule has 0 spiro atoms. The summed E-state index contributed by atoms with van der Waals surface area (Å²) >= 11 is 0. The molecular formula is C15H25N. The van der Waals surface area contributed by atoms with E-state index in [1.54, 1.807) is 5.56 Å². The maximum absolute atomic E-state index is 3.31. The summed E-state index contributed by atoms with van der Waals surface area (Å²) in [5, 5.41) is 3.31. The zero-order valence-electron chi connectivity index (χ0n) is 11.1. The van der Waals surface area contributed by atoms with Gasteiger partial charge in [0.2, 0.25) is 0 Å². The molecule has 1 atom stereocenters. The highest BCUT2D eigenvalue weighted by Crippen LogP contribution is 2.20. The number of benzene rings is 1. The highest BCUT2D eigenvalue weighted by Gasteiger charge is 2.11. The third kappa shape index (κ3) is 3.64. The molecule has 0 heterocycles. The van der Waals surface area contributed by atoms with Gasteiger partial charge in [0.25, 0.3) is 0 Å². The number of rotatable bonds is 6. The first-order chi connectivity index (χ1) is 7.69. The number of hydrogen-bond donors (Lipinski definition) is 1. The van der Waals surface area contributed by atoms with Crippen LogP contribution in [0.1, 0.15) is 36.5 Å². The van der Waals surface area contributed by atoms with Crippen molar-refractivity contribution in [2.75, 3.05) is 13.6 Å². The van der Waals surface area contributed by atoms with Gasteiger partial charge in [-0.3, -0.25) is 0 Å². The fourth-order valence-corrected chi connectivity index (χ4v) is 2.43. The van der Waals surface area contributed by atoms with Gasteiger partial charge in [0, 0.05) is 0 Å². The minimum Gasteiger partial charge on any atom is -0.319 e. The molecule has 90 valence electrons. The summed E-state index contributed by atoms with van der Waals surface area (Å²) in [4.78, 5) is 0. The molecule has 0 aromatic heterocycles. The summed E-state index contributed by atoms with van der Waals surface area (Å²) in [5.74, 6) is 0.773. The van der Waals surface area contributed by atoms with Crippen molar-refractivity contribution in [2.45, 2.75) is 40.0 Å². The van der Waals surface area contributed by atoms with Crippen molar-refractivity contribution < 1.29 is 0 Å². The molecule has 0 saturated heterocycles. The van der Waals surface area contributed by atoms with Crippen LogP contribution < -0.4 is 5.32 Å². The average Bonchev–Trinajstić information content (AvgIpc) is 2.24. The number of nitrogens with one attached hydrogen (secondary N) is 1. The van der Waals surface area contributed by atoms with Gasteiger partial charge in [-0.2, -0.15) is 0 Å². The van der Waals surface area contributed by atoms with Crippen molar-refractivity contribution in [3.63, 3.8) is 0 Å². The van der Waals surface area contributed by atoms with Crippen LogP contribution in [0.5, 0.6) is 0 Å². The van der Waals surface area contributed by atoms with E-state index in [1.165, 1.54) is 30.4 Å². The van der Waals surface area contributed by atoms with Crippen molar-refractivity contribution >= 4 is 0 Å². The van der Waals surface area contributed by atoms with Crippen molar-refractivity contribution in [1.29, 1.82) is 0 Å². The quantitative estimate of drug-likeness (QED) is 0.772. The van der Waals surface area contributed by atoms with E-state index >= 15 is 0 Å². The Morgan fingerprint density at radius 3 is 2.31 bits per heavy atom. The van der Waals surface area contributed by atoms with Crippen molar-refractivity contribution in [1.82, 2.24) is 5.32 Å². The second kappa shape index (κ2) is 6.70. The summed E-state index contributed by atoms with van der Waals surface area (Å²) in [6, 6.07) is 6.61. The van der Waals surface area contributed by atoms with E-state index in [0.29, 0.717) is 0 Å². The topological polar surface area (TPSA) is 12.0 Å². The lowest BCUT2D eigenvalue weighted by atomic mass is 9.90. The van der Waals surface area contributed by atoms with Gasteiger partial charge in [0.05, 0.1) is 0 Å². The first kappa shape index (κ1) is 13.2. The summed E-state index contributed by atoms with van der Waals surface area (Å²) in [5.41, 5.74) is 4.44. The van der Waals surface area contributed by atoms with E-state index in [-0.39, 0.29) is 0 Å². The first-order valence-electron chi connectivity index (χ1n) is 6.38. The third-order valence-corrected chi connectivity index (χ3v) is 3.33. The maximum Gasteiger partial charge on any atom is -0.00203 e. The Balaban J connectivity index is 2.76. The number of hydrogen-bond acceptors (Lipinski definition) is 1. The SMILES string of the molecule is CCCC(CNC)Cc1c(C)cccc1C. The second-order valence-corrected chi connectivity index (χ2v) is 4.79. The van der Waals surface area contributed by atoms with Crippen LogP contribution >= 0.6 is 0 Å². The third-order valence-electron chi connectivity index (χ3n) is 3.33. The van der Waals surface area contributed by atoms with Crippen LogP contribution in [0.4, 0.5) is 0 Å². The normalized spacial score (nSPS) is 12.8. The molecule has 0 bridgehead atoms. The molecule has 0 fully saturated rings. The molecular weight excluding hydrogens is 194 g/mol. The molecule has 1 aromatic carbocycles. The zero-order chi connectivity index (χ0) is 12.0. The van der Waals surface area contributed by atoms with Crippen molar-refractivity contribution in [2.24, 2.45) is 5.92 Å². The van der Waals surface area contributed by atoms with Crippen molar-refractivity contribution in [3.8, 4) is 0 Å². The minimum atomic E-state index is 0.773. The molecule has 0 aliphatic heterocycles. The Hall–Kier alpha value is -0.820. The van der Waals surface area contributed by atoms with E-state index < -0.39 is 0 Å². The van der Waals surface area contributed by atoms with Crippen LogP contribution in [0.2, 0.25) is 0 Å². The molecule has 1 aromatic rings. The Labute approximate surface area is 100 Å². The van der Waals surface area contributed by atoms with Gasteiger partial charge in [-0.05, 0) is 62.9 Å². The highest BCUT2D eigenvalue weighted by molar-refractivity contribution is 5.33. The molecule has 16 heavy (non-hydrogen) atoms. The average molecular weight is 219 g/mol. The van der Waals surface area contributed by atoms with Crippen molar-refractivity contribution in [3.05, 3.63) is 34.9 Å². The monoisotopic (exact) mass is 219 g/mol. The molecule has 1 unspecified atom stereocenters. The molecule has 0 aliphatic rings. The van der Waals surface area contributed by atoms with Crippen LogP contribution in [0.25, 0.3) is 0 Å². The second-order valence-electron chi connectivity index (χ2n) is 4.79. The molecule has 0 saturated carbocycles. The largest absolute Gasteiger partial charge is 0.319 e. The lowest BCUT2D eigenvalue weighted by Gasteiger charge is -2.18. The predicted molar refractivity (Wildman–Crippen MR) is 71.9 cm³/mol. The minimum absolute atomic E-state index is 0.773. The fraction of sp³-hybridized carbons (Fsp3) is 0.600. The Morgan fingerprint density at radius 1 is 1.19 bits per heavy atom. The Morgan fingerprint density at radius 2 is 1.81 bits per heavy atom. The molecule has 0 amide bonds. The van der Waals surface area contributed by atoms with Crippen LogP contribution in [-0.4, -0.2) is 13.6 Å². The molecule has 1 nitrogen and oxygen atoms in total. The molecule has 0 radical (unpaired) electrons. The van der Waals surface area contributed by atoms with Gasteiger partial charge in [-0.15, -0.1) is 0 Å². The summed E-state index contributed by atoms with van der Waals surface area (Å²) in [7, 11) is 2.05. The highest BCUT2D eigenvalue weighted by atomic mass is 14.8. The Bertz CT molecular complexity index is 291. The summed E-state index contributed by atoms with van der Waals surface area (Å²) < 4.78 is 0. The van der Waals surface area contributed by atoms with Gasteiger partial charge in [-0.1, -0.05) is 31.5 Å². The lowest BCUT2D eigenvalue weighted by Crippen LogP contribution is -2.21. The fourth-order valence-electron chi connectivity index (χ4n) is 2.43. The predicted octanol–water partition coefficient (Wildman–Crippen LogP) is 3.48. The molecule has 1 heteroatoms. The van der Waals surface area contributed by atoms with Crippen LogP contribution in [0.3, 0.4) is 0 Å². The van der Waals surface area contributed by atoms with Gasteiger partial charge >= 0.3 is 0 Å². The molecule has 1 N–H and O–H groups in total. The zero-order valence-corrected chi connectivity index (χ0v) is 11.1. The smallest absolute Gasteiger partial charge is 0.00203 e. The van der Waals surface area contributed by atoms with E-state index in [1.807, 2.05) is 7.05 Å². The maximum atomic E-state index is 3.31. The van der Waals surface area contributed by atoms with Crippen LogP contribution in [0, 0.1) is 19.8 Å². The van der Waals surface area contributed by atoms with Crippen LogP contribution in [0.15, 0.2) is 18.2 Å². The Kier molecular flexibility index (Phi) is 5.54.